The van der Waals surface area contributed by atoms with Crippen molar-refractivity contribution in [3.05, 3.63) is 53.6 Å². The predicted molar refractivity (Wildman–Crippen MR) is 79.6 cm³/mol. The molecule has 0 radical (unpaired) electrons. The fourth-order valence-corrected chi connectivity index (χ4v) is 2.01. The van der Waals surface area contributed by atoms with Crippen LogP contribution in [0, 0.1) is 6.92 Å². The van der Waals surface area contributed by atoms with Crippen molar-refractivity contribution in [3.8, 4) is 0 Å². The average Bonchev–Trinajstić information content (AvgIpc) is 2.83. The second-order valence-electron chi connectivity index (χ2n) is 4.63. The summed E-state index contributed by atoms with van der Waals surface area (Å²) in [5.74, 6) is 0.220. The monoisotopic (exact) mass is 266 g/mol. The number of imidazole rings is 1. The molecule has 3 aromatic rings. The summed E-state index contributed by atoms with van der Waals surface area (Å²) < 4.78 is 0. The van der Waals surface area contributed by atoms with Crippen molar-refractivity contribution in [1.29, 1.82) is 0 Å². The van der Waals surface area contributed by atoms with Gasteiger partial charge in [-0.1, -0.05) is 12.1 Å². The van der Waals surface area contributed by atoms with Crippen molar-refractivity contribution in [2.24, 2.45) is 0 Å². The number of hydrogen-bond acceptors (Lipinski definition) is 3. The van der Waals surface area contributed by atoms with E-state index in [4.69, 9.17) is 5.73 Å². The maximum absolute atomic E-state index is 12.1. The number of rotatable bonds is 2. The number of H-pyrrole nitrogens is 1. The molecule has 0 aliphatic rings. The van der Waals surface area contributed by atoms with Gasteiger partial charge in [0.25, 0.3) is 5.91 Å². The van der Waals surface area contributed by atoms with Gasteiger partial charge in [-0.3, -0.25) is 10.1 Å². The summed E-state index contributed by atoms with van der Waals surface area (Å²) in [5, 5.41) is 2.75. The summed E-state index contributed by atoms with van der Waals surface area (Å²) >= 11 is 0. The van der Waals surface area contributed by atoms with Crippen LogP contribution in [0.4, 0.5) is 11.6 Å². The lowest BCUT2D eigenvalue weighted by atomic mass is 10.1. The number of nitrogens with one attached hydrogen (secondary N) is 2. The fourth-order valence-electron chi connectivity index (χ4n) is 2.01. The predicted octanol–water partition coefficient (Wildman–Crippen LogP) is 2.71. The van der Waals surface area contributed by atoms with Crippen LogP contribution < -0.4 is 11.1 Å². The molecule has 100 valence electrons. The summed E-state index contributed by atoms with van der Waals surface area (Å²) in [4.78, 5) is 19.5. The Kier molecular flexibility index (Phi) is 2.87. The third kappa shape index (κ3) is 2.21. The third-order valence-corrected chi connectivity index (χ3v) is 3.15. The van der Waals surface area contributed by atoms with Gasteiger partial charge in [-0.25, -0.2) is 4.98 Å². The summed E-state index contributed by atoms with van der Waals surface area (Å²) in [7, 11) is 0. The van der Waals surface area contributed by atoms with Gasteiger partial charge in [0.15, 0.2) is 0 Å². The molecular weight excluding hydrogens is 252 g/mol. The number of benzene rings is 2. The second kappa shape index (κ2) is 4.70. The van der Waals surface area contributed by atoms with Gasteiger partial charge in [-0.05, 0) is 42.8 Å². The van der Waals surface area contributed by atoms with Crippen molar-refractivity contribution in [2.75, 3.05) is 11.1 Å². The van der Waals surface area contributed by atoms with Crippen LogP contribution in [0.25, 0.3) is 11.0 Å². The van der Waals surface area contributed by atoms with E-state index in [0.29, 0.717) is 17.2 Å². The molecule has 0 saturated heterocycles. The van der Waals surface area contributed by atoms with Crippen LogP contribution >= 0.6 is 0 Å². The van der Waals surface area contributed by atoms with Gasteiger partial charge in [-0.15, -0.1) is 0 Å². The van der Waals surface area contributed by atoms with Gasteiger partial charge in [0.05, 0.1) is 11.0 Å². The number of nitrogens with zero attached hydrogens (tertiary/aromatic N) is 1. The highest BCUT2D eigenvalue weighted by atomic mass is 16.1. The van der Waals surface area contributed by atoms with E-state index in [1.165, 1.54) is 0 Å². The zero-order valence-electron chi connectivity index (χ0n) is 11.0. The van der Waals surface area contributed by atoms with Crippen molar-refractivity contribution in [2.45, 2.75) is 6.92 Å². The van der Waals surface area contributed by atoms with E-state index in [0.717, 1.165) is 16.6 Å². The highest BCUT2D eigenvalue weighted by molar-refractivity contribution is 6.04. The summed E-state index contributed by atoms with van der Waals surface area (Å²) in [6, 6.07) is 12.8. The number of anilines is 2. The minimum absolute atomic E-state index is 0.216. The first-order valence-electron chi connectivity index (χ1n) is 6.26. The van der Waals surface area contributed by atoms with Crippen molar-refractivity contribution >= 4 is 28.6 Å². The largest absolute Gasteiger partial charge is 0.399 e. The molecule has 1 heterocycles. The van der Waals surface area contributed by atoms with Crippen LogP contribution in [0.5, 0.6) is 0 Å². The molecule has 0 unspecified atom stereocenters. The number of carbonyl (C=O) groups excluding carboxylic acids is 1. The molecule has 0 fully saturated rings. The molecule has 0 spiro atoms. The molecule has 0 aliphatic carbocycles. The number of para-hydroxylation sites is 2. The number of aromatic nitrogens is 2. The van der Waals surface area contributed by atoms with E-state index >= 15 is 0 Å². The first-order valence-corrected chi connectivity index (χ1v) is 6.26. The maximum atomic E-state index is 12.1. The molecule has 3 rings (SSSR count). The SMILES string of the molecule is Cc1cc(C(=O)Nc2nc3ccccc3[nH]2)ccc1N. The number of amides is 1. The molecule has 1 amide bonds. The first kappa shape index (κ1) is 12.2. The Morgan fingerprint density at radius 1 is 1.25 bits per heavy atom. The summed E-state index contributed by atoms with van der Waals surface area (Å²) in [6.45, 7) is 1.87. The van der Waals surface area contributed by atoms with Crippen LogP contribution in [0.3, 0.4) is 0 Å². The first-order chi connectivity index (χ1) is 9.63. The number of carbonyl (C=O) groups is 1. The number of nitrogen functional groups attached to an aromatic ring is 1. The summed E-state index contributed by atoms with van der Waals surface area (Å²) in [5.41, 5.74) is 9.55. The maximum Gasteiger partial charge on any atom is 0.257 e. The molecule has 5 heteroatoms. The Balaban J connectivity index is 1.86. The van der Waals surface area contributed by atoms with Crippen molar-refractivity contribution in [1.82, 2.24) is 9.97 Å². The Morgan fingerprint density at radius 3 is 2.80 bits per heavy atom. The van der Waals surface area contributed by atoms with E-state index in [-0.39, 0.29) is 5.91 Å². The smallest absolute Gasteiger partial charge is 0.257 e. The minimum atomic E-state index is -0.216. The van der Waals surface area contributed by atoms with Crippen LogP contribution in [0.1, 0.15) is 15.9 Å². The van der Waals surface area contributed by atoms with Gasteiger partial charge in [0.2, 0.25) is 5.95 Å². The van der Waals surface area contributed by atoms with Gasteiger partial charge in [-0.2, -0.15) is 0 Å². The molecule has 1 aromatic heterocycles. The number of fused-ring (bicyclic) bond motifs is 1. The Morgan fingerprint density at radius 2 is 2.05 bits per heavy atom. The summed E-state index contributed by atoms with van der Waals surface area (Å²) in [6.07, 6.45) is 0. The Bertz CT molecular complexity index is 758. The lowest BCUT2D eigenvalue weighted by Gasteiger charge is -2.04. The van der Waals surface area contributed by atoms with E-state index in [1.807, 2.05) is 31.2 Å². The van der Waals surface area contributed by atoms with E-state index in [1.54, 1.807) is 18.2 Å². The molecule has 4 N–H and O–H groups in total. The van der Waals surface area contributed by atoms with E-state index < -0.39 is 0 Å². The van der Waals surface area contributed by atoms with Crippen molar-refractivity contribution in [3.63, 3.8) is 0 Å². The third-order valence-electron chi connectivity index (χ3n) is 3.15. The van der Waals surface area contributed by atoms with Gasteiger partial charge in [0, 0.05) is 11.3 Å². The highest BCUT2D eigenvalue weighted by Gasteiger charge is 2.09. The van der Waals surface area contributed by atoms with Crippen molar-refractivity contribution < 1.29 is 4.79 Å². The Labute approximate surface area is 115 Å². The van der Waals surface area contributed by atoms with Gasteiger partial charge in [0.1, 0.15) is 0 Å². The van der Waals surface area contributed by atoms with E-state index in [2.05, 4.69) is 15.3 Å². The second-order valence-corrected chi connectivity index (χ2v) is 4.63. The number of aromatic amines is 1. The van der Waals surface area contributed by atoms with Gasteiger partial charge < -0.3 is 10.7 Å². The lowest BCUT2D eigenvalue weighted by molar-refractivity contribution is 0.102. The molecule has 2 aromatic carbocycles. The zero-order chi connectivity index (χ0) is 14.1. The van der Waals surface area contributed by atoms with Crippen LogP contribution in [-0.4, -0.2) is 15.9 Å². The lowest BCUT2D eigenvalue weighted by Crippen LogP contribution is -2.13. The normalized spacial score (nSPS) is 10.7. The molecule has 0 saturated carbocycles. The standard InChI is InChI=1S/C15H14N4O/c1-9-8-10(6-7-11(9)16)14(20)19-15-17-12-4-2-3-5-13(12)18-15/h2-8H,16H2,1H3,(H2,17,18,19,20). The van der Waals surface area contributed by atoms with Crippen LogP contribution in [0.2, 0.25) is 0 Å². The van der Waals surface area contributed by atoms with Crippen LogP contribution in [0.15, 0.2) is 42.5 Å². The molecule has 0 bridgehead atoms. The molecule has 0 atom stereocenters. The number of nitrogens with two attached hydrogens (primary N) is 1. The van der Waals surface area contributed by atoms with E-state index in [9.17, 15) is 4.79 Å². The number of aryl methyl sites for hydroxylation is 1. The number of hydrogen-bond donors (Lipinski definition) is 3. The fraction of sp³-hybridized carbons (Fsp3) is 0.0667. The van der Waals surface area contributed by atoms with Crippen LogP contribution in [-0.2, 0) is 0 Å². The molecule has 0 aliphatic heterocycles. The molecule has 20 heavy (non-hydrogen) atoms. The topological polar surface area (TPSA) is 83.8 Å². The molecule has 5 nitrogen and oxygen atoms in total. The Hall–Kier alpha value is -2.82. The van der Waals surface area contributed by atoms with Gasteiger partial charge >= 0.3 is 0 Å². The minimum Gasteiger partial charge on any atom is -0.399 e. The quantitative estimate of drug-likeness (QED) is 0.623. The zero-order valence-corrected chi connectivity index (χ0v) is 11.0. The molecular formula is C15H14N4O. The average molecular weight is 266 g/mol. The highest BCUT2D eigenvalue weighted by Crippen LogP contribution is 2.16.